The lowest BCUT2D eigenvalue weighted by Gasteiger charge is -2.37. The molecule has 0 atom stereocenters. The minimum atomic E-state index is 0.472. The number of anilines is 2. The quantitative estimate of drug-likeness (QED) is 0.889. The van der Waals surface area contributed by atoms with E-state index in [1.54, 1.807) is 0 Å². The van der Waals surface area contributed by atoms with Gasteiger partial charge in [0.05, 0.1) is 17.6 Å². The number of hydrogen-bond acceptors (Lipinski definition) is 3. The maximum atomic E-state index is 4.25. The Morgan fingerprint density at radius 3 is 2.43 bits per heavy atom. The molecule has 0 unspecified atom stereocenters. The van der Waals surface area contributed by atoms with Crippen LogP contribution in [0.5, 0.6) is 0 Å². The van der Waals surface area contributed by atoms with Crippen molar-refractivity contribution in [1.82, 2.24) is 4.98 Å². The van der Waals surface area contributed by atoms with Crippen molar-refractivity contribution in [1.29, 1.82) is 0 Å². The van der Waals surface area contributed by atoms with Crippen LogP contribution in [0.2, 0.25) is 0 Å². The van der Waals surface area contributed by atoms with E-state index in [9.17, 15) is 0 Å². The molecule has 2 rings (SSSR count). The molecule has 118 valence electrons. The van der Waals surface area contributed by atoms with Gasteiger partial charge in [0, 0.05) is 26.8 Å². The molecule has 1 aromatic heterocycles. The Kier molecular flexibility index (Phi) is 5.13. The normalized spacial score (nSPS) is 22.9. The third-order valence-electron chi connectivity index (χ3n) is 4.93. The van der Waals surface area contributed by atoms with Crippen molar-refractivity contribution in [3.05, 3.63) is 18.5 Å². The molecule has 1 heterocycles. The Morgan fingerprint density at radius 2 is 1.86 bits per heavy atom. The average Bonchev–Trinajstić information content (AvgIpc) is 2.45. The van der Waals surface area contributed by atoms with Gasteiger partial charge in [-0.3, -0.25) is 4.98 Å². The molecule has 0 aliphatic heterocycles. The molecule has 0 saturated heterocycles. The lowest BCUT2D eigenvalue weighted by atomic mass is 9.70. The van der Waals surface area contributed by atoms with E-state index < -0.39 is 0 Å². The van der Waals surface area contributed by atoms with Crippen LogP contribution in [0.15, 0.2) is 18.5 Å². The molecule has 1 aliphatic carbocycles. The summed E-state index contributed by atoms with van der Waals surface area (Å²) in [5, 5.41) is 3.61. The van der Waals surface area contributed by atoms with Crippen molar-refractivity contribution in [2.24, 2.45) is 17.3 Å². The Bertz CT molecular complexity index is 440. The second-order valence-corrected chi connectivity index (χ2v) is 7.75. The van der Waals surface area contributed by atoms with Gasteiger partial charge in [0.1, 0.15) is 0 Å². The minimum Gasteiger partial charge on any atom is -0.382 e. The molecule has 1 aromatic rings. The topological polar surface area (TPSA) is 28.2 Å². The molecule has 1 saturated carbocycles. The third kappa shape index (κ3) is 4.36. The van der Waals surface area contributed by atoms with Crippen LogP contribution in [0.4, 0.5) is 11.4 Å². The standard InChI is InChI=1S/C18H31N3/c1-18(2,3)15-8-6-14(7-9-15)12-20-16-13-19-11-10-17(16)21(4)5/h10-11,13-15,20H,6-9,12H2,1-5H3. The predicted molar refractivity (Wildman–Crippen MR) is 92.0 cm³/mol. The summed E-state index contributed by atoms with van der Waals surface area (Å²) < 4.78 is 0. The van der Waals surface area contributed by atoms with Crippen LogP contribution in [-0.2, 0) is 0 Å². The average molecular weight is 289 g/mol. The van der Waals surface area contributed by atoms with E-state index in [-0.39, 0.29) is 0 Å². The van der Waals surface area contributed by atoms with Crippen molar-refractivity contribution >= 4 is 11.4 Å². The van der Waals surface area contributed by atoms with Crippen molar-refractivity contribution in [3.8, 4) is 0 Å². The van der Waals surface area contributed by atoms with Crippen LogP contribution in [0.25, 0.3) is 0 Å². The maximum Gasteiger partial charge on any atom is 0.0764 e. The zero-order valence-electron chi connectivity index (χ0n) is 14.3. The smallest absolute Gasteiger partial charge is 0.0764 e. The van der Waals surface area contributed by atoms with Gasteiger partial charge in [-0.1, -0.05) is 20.8 Å². The number of rotatable bonds is 4. The van der Waals surface area contributed by atoms with E-state index in [1.165, 1.54) is 31.4 Å². The van der Waals surface area contributed by atoms with E-state index in [0.717, 1.165) is 24.1 Å². The highest BCUT2D eigenvalue weighted by Gasteiger charge is 2.29. The van der Waals surface area contributed by atoms with Gasteiger partial charge in [-0.15, -0.1) is 0 Å². The van der Waals surface area contributed by atoms with E-state index in [4.69, 9.17) is 0 Å². The SMILES string of the molecule is CN(C)c1ccncc1NCC1CCC(C(C)(C)C)CC1. The van der Waals surface area contributed by atoms with Gasteiger partial charge >= 0.3 is 0 Å². The Morgan fingerprint density at radius 1 is 1.19 bits per heavy atom. The fourth-order valence-corrected chi connectivity index (χ4v) is 3.40. The summed E-state index contributed by atoms with van der Waals surface area (Å²) in [6.45, 7) is 8.23. The number of aromatic nitrogens is 1. The van der Waals surface area contributed by atoms with Gasteiger partial charge < -0.3 is 10.2 Å². The summed E-state index contributed by atoms with van der Waals surface area (Å²) in [5.41, 5.74) is 2.84. The van der Waals surface area contributed by atoms with Crippen LogP contribution in [0.1, 0.15) is 46.5 Å². The first kappa shape index (κ1) is 16.1. The molecule has 1 N–H and O–H groups in total. The molecular weight excluding hydrogens is 258 g/mol. The third-order valence-corrected chi connectivity index (χ3v) is 4.93. The van der Waals surface area contributed by atoms with Gasteiger partial charge in [-0.2, -0.15) is 0 Å². The summed E-state index contributed by atoms with van der Waals surface area (Å²) >= 11 is 0. The summed E-state index contributed by atoms with van der Waals surface area (Å²) in [6.07, 6.45) is 9.26. The van der Waals surface area contributed by atoms with Crippen LogP contribution in [-0.4, -0.2) is 25.6 Å². The first-order chi connectivity index (χ1) is 9.88. The number of nitrogens with zero attached hydrogens (tertiary/aromatic N) is 2. The molecule has 0 bridgehead atoms. The molecule has 3 heteroatoms. The van der Waals surface area contributed by atoms with Gasteiger partial charge in [0.25, 0.3) is 0 Å². The summed E-state index contributed by atoms with van der Waals surface area (Å²) in [5.74, 6) is 1.70. The zero-order chi connectivity index (χ0) is 15.5. The van der Waals surface area contributed by atoms with E-state index in [0.29, 0.717) is 5.41 Å². The van der Waals surface area contributed by atoms with Crippen molar-refractivity contribution in [2.75, 3.05) is 30.9 Å². The van der Waals surface area contributed by atoms with Crippen LogP contribution >= 0.6 is 0 Å². The van der Waals surface area contributed by atoms with Gasteiger partial charge in [0.2, 0.25) is 0 Å². The molecular formula is C18H31N3. The first-order valence-corrected chi connectivity index (χ1v) is 8.23. The lowest BCUT2D eigenvalue weighted by molar-refractivity contribution is 0.153. The Labute approximate surface area is 130 Å². The zero-order valence-corrected chi connectivity index (χ0v) is 14.3. The van der Waals surface area contributed by atoms with E-state index in [2.05, 4.69) is 56.1 Å². The largest absolute Gasteiger partial charge is 0.382 e. The maximum absolute atomic E-state index is 4.25. The van der Waals surface area contributed by atoms with Crippen molar-refractivity contribution in [2.45, 2.75) is 46.5 Å². The molecule has 3 nitrogen and oxygen atoms in total. The first-order valence-electron chi connectivity index (χ1n) is 8.23. The predicted octanol–water partition coefficient (Wildman–Crippen LogP) is 4.41. The van der Waals surface area contributed by atoms with Crippen LogP contribution in [0, 0.1) is 17.3 Å². The minimum absolute atomic E-state index is 0.472. The van der Waals surface area contributed by atoms with Crippen LogP contribution in [0.3, 0.4) is 0 Å². The second kappa shape index (κ2) is 6.67. The highest BCUT2D eigenvalue weighted by Crippen LogP contribution is 2.39. The van der Waals surface area contributed by atoms with Crippen LogP contribution < -0.4 is 10.2 Å². The molecule has 21 heavy (non-hydrogen) atoms. The molecule has 0 radical (unpaired) electrons. The van der Waals surface area contributed by atoms with Crippen molar-refractivity contribution in [3.63, 3.8) is 0 Å². The van der Waals surface area contributed by atoms with Crippen molar-refractivity contribution < 1.29 is 0 Å². The number of hydrogen-bond donors (Lipinski definition) is 1. The molecule has 1 aliphatic rings. The number of nitrogens with one attached hydrogen (secondary N) is 1. The highest BCUT2D eigenvalue weighted by atomic mass is 15.1. The highest BCUT2D eigenvalue weighted by molar-refractivity contribution is 5.68. The summed E-state index contributed by atoms with van der Waals surface area (Å²) in [7, 11) is 4.16. The monoisotopic (exact) mass is 289 g/mol. The lowest BCUT2D eigenvalue weighted by Crippen LogP contribution is -2.28. The van der Waals surface area contributed by atoms with Gasteiger partial charge in [-0.25, -0.2) is 0 Å². The molecule has 0 spiro atoms. The fourth-order valence-electron chi connectivity index (χ4n) is 3.40. The molecule has 0 amide bonds. The Balaban J connectivity index is 1.85. The van der Waals surface area contributed by atoms with Gasteiger partial charge in [0.15, 0.2) is 0 Å². The molecule has 0 aromatic carbocycles. The second-order valence-electron chi connectivity index (χ2n) is 7.75. The van der Waals surface area contributed by atoms with Gasteiger partial charge in [-0.05, 0) is 49.0 Å². The summed E-state index contributed by atoms with van der Waals surface area (Å²) in [6, 6.07) is 2.07. The molecule has 1 fully saturated rings. The summed E-state index contributed by atoms with van der Waals surface area (Å²) in [4.78, 5) is 6.39. The number of pyridine rings is 1. The van der Waals surface area contributed by atoms with E-state index in [1.807, 2.05) is 12.4 Å². The Hall–Kier alpha value is -1.25. The van der Waals surface area contributed by atoms with E-state index >= 15 is 0 Å². The fraction of sp³-hybridized carbons (Fsp3) is 0.722.